The highest BCUT2D eigenvalue weighted by Crippen LogP contribution is 2.52. The molecule has 0 aliphatic carbocycles. The predicted octanol–water partition coefficient (Wildman–Crippen LogP) is 16.7. The van der Waals surface area contributed by atoms with E-state index in [0.29, 0.717) is 101 Å². The Morgan fingerprint density at radius 3 is 0.778 bits per heavy atom. The van der Waals surface area contributed by atoms with Crippen LogP contribution in [0.5, 0.6) is 0 Å². The number of benzene rings is 9. The summed E-state index contributed by atoms with van der Waals surface area (Å²) in [5.74, 6) is -0.606. The van der Waals surface area contributed by atoms with Gasteiger partial charge in [0.25, 0.3) is 0 Å². The van der Waals surface area contributed by atoms with Gasteiger partial charge in [0.2, 0.25) is 0 Å². The number of rotatable bonds is 6. The van der Waals surface area contributed by atoms with Crippen molar-refractivity contribution in [2.45, 2.75) is 0 Å². The van der Waals surface area contributed by atoms with Crippen LogP contribution in [-0.4, -0.2) is 15.0 Å². The maximum Gasteiger partial charge on any atom is 0.164 e. The summed E-state index contributed by atoms with van der Waals surface area (Å²) in [5.41, 5.74) is 11.7. The van der Waals surface area contributed by atoms with Gasteiger partial charge in [-0.1, -0.05) is 182 Å². The second-order valence-corrected chi connectivity index (χ2v) is 17.7. The molecular weight excluding hydrogens is 898 g/mol. The number of hydrogen-bond acceptors (Lipinski definition) is 6. The van der Waals surface area contributed by atoms with Gasteiger partial charge in [-0.2, -0.15) is 0 Å². The summed E-state index contributed by atoms with van der Waals surface area (Å²) in [4.78, 5) is 16.0. The molecule has 3 aliphatic heterocycles. The van der Waals surface area contributed by atoms with Crippen LogP contribution in [0.3, 0.4) is 0 Å². The molecule has 9 aromatic carbocycles. The number of para-hydroxylation sites is 3. The van der Waals surface area contributed by atoms with Gasteiger partial charge < -0.3 is 16.0 Å². The van der Waals surface area contributed by atoms with E-state index in [1.807, 2.05) is 182 Å². The molecule has 3 aliphatic rings. The minimum absolute atomic E-state index is 0.220. The van der Waals surface area contributed by atoms with Crippen LogP contribution >= 0.6 is 0 Å². The van der Waals surface area contributed by atoms with Gasteiger partial charge in [0.1, 0.15) is 17.5 Å². The van der Waals surface area contributed by atoms with Gasteiger partial charge in [-0.3, -0.25) is 0 Å². The highest BCUT2D eigenvalue weighted by molar-refractivity contribution is 6.12. The van der Waals surface area contributed by atoms with Crippen molar-refractivity contribution in [1.29, 1.82) is 0 Å². The number of fused-ring (bicyclic) bond motifs is 6. The molecule has 3 N–H and O–H groups in total. The largest absolute Gasteiger partial charge is 0.354 e. The van der Waals surface area contributed by atoms with Crippen LogP contribution < -0.4 is 16.0 Å². The Morgan fingerprint density at radius 1 is 0.250 bits per heavy atom. The third-order valence-corrected chi connectivity index (χ3v) is 13.4. The first-order valence-corrected chi connectivity index (χ1v) is 23.6. The quantitative estimate of drug-likeness (QED) is 0.154. The number of hydrogen-bond donors (Lipinski definition) is 3. The summed E-state index contributed by atoms with van der Waals surface area (Å²) < 4.78 is 52.8. The molecule has 0 saturated carbocycles. The Labute approximate surface area is 413 Å². The molecular formula is C63H39F3N6. The zero-order valence-corrected chi connectivity index (χ0v) is 38.3. The Balaban J connectivity index is 1.12. The predicted molar refractivity (Wildman–Crippen MR) is 286 cm³/mol. The fourth-order valence-corrected chi connectivity index (χ4v) is 10.2. The average molecular weight is 937 g/mol. The maximum atomic E-state index is 17.6. The Bertz CT molecular complexity index is 3510. The molecule has 0 amide bonds. The van der Waals surface area contributed by atoms with Gasteiger partial charge in [-0.25, -0.2) is 28.1 Å². The van der Waals surface area contributed by atoms with Gasteiger partial charge >= 0.3 is 0 Å². The molecule has 4 heterocycles. The molecule has 10 aromatic rings. The van der Waals surface area contributed by atoms with Gasteiger partial charge in [-0.15, -0.1) is 0 Å². The van der Waals surface area contributed by atoms with Gasteiger partial charge in [0.05, 0.1) is 0 Å². The van der Waals surface area contributed by atoms with E-state index in [4.69, 9.17) is 15.0 Å². The van der Waals surface area contributed by atoms with Gasteiger partial charge in [0.15, 0.2) is 17.5 Å². The van der Waals surface area contributed by atoms with Crippen molar-refractivity contribution in [3.63, 3.8) is 0 Å². The minimum Gasteiger partial charge on any atom is -0.354 e. The fraction of sp³-hybridized carbons (Fsp3) is 0. The summed E-state index contributed by atoms with van der Waals surface area (Å²) in [6.45, 7) is 0. The maximum absolute atomic E-state index is 17.6. The molecule has 0 bridgehead atoms. The van der Waals surface area contributed by atoms with Crippen LogP contribution in [0.15, 0.2) is 218 Å². The molecule has 0 spiro atoms. The molecule has 72 heavy (non-hydrogen) atoms. The van der Waals surface area contributed by atoms with E-state index in [9.17, 15) is 0 Å². The van der Waals surface area contributed by atoms with E-state index < -0.39 is 17.5 Å². The summed E-state index contributed by atoms with van der Waals surface area (Å²) in [5, 5.41) is 10.7. The molecule has 1 aromatic heterocycles. The zero-order valence-electron chi connectivity index (χ0n) is 38.3. The minimum atomic E-state index is -0.422. The monoisotopic (exact) mass is 936 g/mol. The van der Waals surface area contributed by atoms with Crippen LogP contribution in [0.1, 0.15) is 50.1 Å². The smallest absolute Gasteiger partial charge is 0.164 e. The molecule has 0 saturated heterocycles. The van der Waals surface area contributed by atoms with Crippen molar-refractivity contribution in [3.05, 3.63) is 268 Å². The van der Waals surface area contributed by atoms with Crippen LogP contribution in [0.2, 0.25) is 0 Å². The number of anilines is 6. The molecule has 6 nitrogen and oxygen atoms in total. The number of nitrogens with zero attached hydrogens (tertiary/aromatic N) is 3. The Hall–Kier alpha value is -9.60. The third-order valence-electron chi connectivity index (χ3n) is 13.4. The lowest BCUT2D eigenvalue weighted by atomic mass is 9.85. The second kappa shape index (κ2) is 17.4. The lowest BCUT2D eigenvalue weighted by Crippen LogP contribution is -2.12. The van der Waals surface area contributed by atoms with Crippen LogP contribution in [0, 0.1) is 0 Å². The molecule has 342 valence electrons. The summed E-state index contributed by atoms with van der Waals surface area (Å²) in [6, 6.07) is 66.9. The van der Waals surface area contributed by atoms with Crippen molar-refractivity contribution in [2.24, 2.45) is 0 Å². The van der Waals surface area contributed by atoms with E-state index in [2.05, 4.69) is 16.0 Å². The molecule has 9 heteroatoms. The van der Waals surface area contributed by atoms with E-state index in [-0.39, 0.29) is 17.5 Å². The van der Waals surface area contributed by atoms with Crippen molar-refractivity contribution >= 4 is 68.3 Å². The summed E-state index contributed by atoms with van der Waals surface area (Å²) in [6.07, 6.45) is 0. The topological polar surface area (TPSA) is 74.8 Å². The van der Waals surface area contributed by atoms with E-state index in [0.717, 1.165) is 17.1 Å². The number of aromatic nitrogens is 3. The first-order valence-electron chi connectivity index (χ1n) is 23.6. The highest BCUT2D eigenvalue weighted by Gasteiger charge is 2.33. The first-order chi connectivity index (χ1) is 35.5. The Kier molecular flexibility index (Phi) is 10.3. The summed E-state index contributed by atoms with van der Waals surface area (Å²) >= 11 is 0. The molecule has 0 fully saturated rings. The van der Waals surface area contributed by atoms with Crippen molar-refractivity contribution in [2.75, 3.05) is 16.0 Å². The number of halogens is 3. The van der Waals surface area contributed by atoms with Crippen molar-refractivity contribution in [1.82, 2.24) is 15.0 Å². The molecule has 0 unspecified atom stereocenters. The van der Waals surface area contributed by atoms with Gasteiger partial charge in [-0.05, 0) is 36.4 Å². The lowest BCUT2D eigenvalue weighted by molar-refractivity contribution is 0.762. The zero-order chi connectivity index (χ0) is 48.3. The van der Waals surface area contributed by atoms with E-state index >= 15 is 13.2 Å². The SMILES string of the molecule is FC(=C1c2ccccc2Nc2cccc(-c3nc(-c4cccc5c4C(=C(F)c4ccccc4)c4ccccc4N5)nc(-c4cccc5c4C(=C(F)c4ccccc4)c4ccccc4N5)n3)c21)c1ccccc1. The van der Waals surface area contributed by atoms with E-state index in [1.165, 1.54) is 0 Å². The third kappa shape index (κ3) is 7.09. The standard InChI is InChI=1S/C63H39F3N6/c64-58(37-19-4-1-5-20-37)55-40-25-10-13-31-46(40)67-49-34-16-28-43(52(49)55)61-70-62(44-29-17-35-50-53(44)56(41-26-11-14-32-47(41)68-50)59(65)38-21-6-2-7-22-38)72-63(71-61)45-30-18-36-51-54(45)57(42-27-12-15-33-48(42)69-51)60(66)39-23-8-3-9-24-39/h1-36,67-69H. The van der Waals surface area contributed by atoms with E-state index in [1.54, 1.807) is 36.4 Å². The summed E-state index contributed by atoms with van der Waals surface area (Å²) in [7, 11) is 0. The van der Waals surface area contributed by atoms with Crippen LogP contribution in [0.25, 0.3) is 68.4 Å². The lowest BCUT2D eigenvalue weighted by Gasteiger charge is -2.28. The highest BCUT2D eigenvalue weighted by atomic mass is 19.1. The van der Waals surface area contributed by atoms with Crippen molar-refractivity contribution in [3.8, 4) is 34.2 Å². The van der Waals surface area contributed by atoms with Crippen molar-refractivity contribution < 1.29 is 13.2 Å². The average Bonchev–Trinajstić information content (AvgIpc) is 3.44. The normalized spacial score (nSPS) is 14.9. The van der Waals surface area contributed by atoms with Gasteiger partial charge in [0, 0.05) is 118 Å². The molecule has 13 rings (SSSR count). The molecule has 0 radical (unpaired) electrons. The number of nitrogens with one attached hydrogen (secondary N) is 3. The molecule has 0 atom stereocenters. The van der Waals surface area contributed by atoms with Crippen LogP contribution in [0.4, 0.5) is 47.3 Å². The van der Waals surface area contributed by atoms with Crippen LogP contribution in [-0.2, 0) is 0 Å². The fourth-order valence-electron chi connectivity index (χ4n) is 10.2. The second-order valence-electron chi connectivity index (χ2n) is 17.7. The first kappa shape index (κ1) is 42.5. The Morgan fingerprint density at radius 2 is 0.486 bits per heavy atom.